The van der Waals surface area contributed by atoms with Crippen LogP contribution in [0.2, 0.25) is 0 Å². The number of hydrogen-bond acceptors (Lipinski definition) is 2. The van der Waals surface area contributed by atoms with Crippen molar-refractivity contribution in [1.29, 1.82) is 0 Å². The molecule has 1 saturated carbocycles. The molecular formula is C18H25FN2. The zero-order chi connectivity index (χ0) is 15.2. The zero-order valence-electron chi connectivity index (χ0n) is 13.0. The fraction of sp³-hybridized carbons (Fsp3) is 0.556. The summed E-state index contributed by atoms with van der Waals surface area (Å²) in [6.45, 7) is 3.43. The van der Waals surface area contributed by atoms with Gasteiger partial charge in [-0.3, -0.25) is 4.90 Å². The van der Waals surface area contributed by atoms with E-state index < -0.39 is 0 Å². The molecule has 0 unspecified atom stereocenters. The van der Waals surface area contributed by atoms with Crippen molar-refractivity contribution in [1.82, 2.24) is 4.90 Å². The molecule has 0 amide bonds. The molecular weight excluding hydrogens is 263 g/mol. The number of nitrogens with zero attached hydrogens (tertiary/aromatic N) is 1. The van der Waals surface area contributed by atoms with E-state index in [4.69, 9.17) is 5.73 Å². The largest absolute Gasteiger partial charge is 0.320 e. The normalized spacial score (nSPS) is 22.0. The summed E-state index contributed by atoms with van der Waals surface area (Å²) in [5.74, 6) is 6.11. The van der Waals surface area contributed by atoms with Crippen LogP contribution in [0.5, 0.6) is 0 Å². The van der Waals surface area contributed by atoms with Crippen molar-refractivity contribution in [2.24, 2.45) is 11.7 Å². The summed E-state index contributed by atoms with van der Waals surface area (Å²) in [6.07, 6.45) is 5.15. The first-order valence-electron chi connectivity index (χ1n) is 7.77. The van der Waals surface area contributed by atoms with Crippen molar-refractivity contribution < 1.29 is 4.39 Å². The minimum absolute atomic E-state index is 0.254. The summed E-state index contributed by atoms with van der Waals surface area (Å²) in [5, 5.41) is 0. The van der Waals surface area contributed by atoms with Crippen LogP contribution in [0.4, 0.5) is 4.39 Å². The molecule has 2 N–H and O–H groups in total. The SMILES string of the molecule is CC1CCC(N(C)Cc2ccc(F)c(C#CCN)c2)CC1. The lowest BCUT2D eigenvalue weighted by atomic mass is 9.86. The molecule has 0 aliphatic heterocycles. The Morgan fingerprint density at radius 2 is 2.00 bits per heavy atom. The Balaban J connectivity index is 2.02. The highest BCUT2D eigenvalue weighted by molar-refractivity contribution is 5.38. The monoisotopic (exact) mass is 288 g/mol. The molecule has 2 rings (SSSR count). The van der Waals surface area contributed by atoms with Crippen molar-refractivity contribution in [3.8, 4) is 11.8 Å². The average Bonchev–Trinajstić information content (AvgIpc) is 2.48. The smallest absolute Gasteiger partial charge is 0.138 e. The van der Waals surface area contributed by atoms with Crippen molar-refractivity contribution in [3.63, 3.8) is 0 Å². The van der Waals surface area contributed by atoms with Gasteiger partial charge in [0.25, 0.3) is 0 Å². The van der Waals surface area contributed by atoms with Crippen LogP contribution in [-0.2, 0) is 6.54 Å². The van der Waals surface area contributed by atoms with Gasteiger partial charge in [-0.2, -0.15) is 0 Å². The van der Waals surface area contributed by atoms with E-state index in [2.05, 4.69) is 30.7 Å². The molecule has 114 valence electrons. The Morgan fingerprint density at radius 3 is 2.67 bits per heavy atom. The van der Waals surface area contributed by atoms with Crippen LogP contribution < -0.4 is 5.73 Å². The molecule has 1 aliphatic carbocycles. The first-order valence-corrected chi connectivity index (χ1v) is 7.77. The minimum Gasteiger partial charge on any atom is -0.320 e. The lowest BCUT2D eigenvalue weighted by Gasteiger charge is -2.33. The third kappa shape index (κ3) is 4.56. The molecule has 0 radical (unpaired) electrons. The molecule has 0 bridgehead atoms. The maximum absolute atomic E-state index is 13.7. The van der Waals surface area contributed by atoms with E-state index in [1.54, 1.807) is 0 Å². The minimum atomic E-state index is -0.270. The number of benzene rings is 1. The summed E-state index contributed by atoms with van der Waals surface area (Å²) < 4.78 is 13.7. The van der Waals surface area contributed by atoms with Crippen LogP contribution in [0.1, 0.15) is 43.7 Å². The Kier molecular flexibility index (Phi) is 5.78. The van der Waals surface area contributed by atoms with Gasteiger partial charge < -0.3 is 5.73 Å². The predicted octanol–water partition coefficient (Wildman–Crippen LogP) is 3.15. The van der Waals surface area contributed by atoms with Crippen LogP contribution in [0.25, 0.3) is 0 Å². The molecule has 0 aromatic heterocycles. The Hall–Kier alpha value is -1.37. The summed E-state index contributed by atoms with van der Waals surface area (Å²) in [5.41, 5.74) is 6.91. The fourth-order valence-electron chi connectivity index (χ4n) is 3.01. The molecule has 0 atom stereocenters. The zero-order valence-corrected chi connectivity index (χ0v) is 13.0. The van der Waals surface area contributed by atoms with E-state index in [1.165, 1.54) is 31.7 Å². The second kappa shape index (κ2) is 7.59. The second-order valence-electron chi connectivity index (χ2n) is 6.15. The molecule has 1 aliphatic rings. The van der Waals surface area contributed by atoms with Crippen molar-refractivity contribution in [2.75, 3.05) is 13.6 Å². The van der Waals surface area contributed by atoms with Crippen LogP contribution >= 0.6 is 0 Å². The number of rotatable bonds is 3. The summed E-state index contributed by atoms with van der Waals surface area (Å²) >= 11 is 0. The molecule has 21 heavy (non-hydrogen) atoms. The van der Waals surface area contributed by atoms with Crippen LogP contribution in [-0.4, -0.2) is 24.5 Å². The van der Waals surface area contributed by atoms with Gasteiger partial charge in [0.2, 0.25) is 0 Å². The van der Waals surface area contributed by atoms with E-state index in [1.807, 2.05) is 12.1 Å². The van der Waals surface area contributed by atoms with E-state index in [-0.39, 0.29) is 12.4 Å². The standard InChI is InChI=1S/C18H25FN2/c1-14-5-8-17(9-6-14)21(2)13-15-7-10-18(19)16(12-15)4-3-11-20/h7,10,12,14,17H,5-6,8-9,11,13,20H2,1-2H3. The van der Waals surface area contributed by atoms with Gasteiger partial charge >= 0.3 is 0 Å². The molecule has 0 spiro atoms. The molecule has 0 heterocycles. The first-order chi connectivity index (χ1) is 10.1. The van der Waals surface area contributed by atoms with Crippen LogP contribution in [0.3, 0.4) is 0 Å². The van der Waals surface area contributed by atoms with Crippen molar-refractivity contribution >= 4 is 0 Å². The maximum atomic E-state index is 13.7. The molecule has 1 aromatic carbocycles. The summed E-state index contributed by atoms with van der Waals surface area (Å²) in [7, 11) is 2.16. The van der Waals surface area contributed by atoms with Gasteiger partial charge in [-0.05, 0) is 56.3 Å². The number of nitrogens with two attached hydrogens (primary N) is 1. The Labute approximate surface area is 127 Å². The van der Waals surface area contributed by atoms with Crippen molar-refractivity contribution in [3.05, 3.63) is 35.1 Å². The van der Waals surface area contributed by atoms with Crippen LogP contribution in [0.15, 0.2) is 18.2 Å². The van der Waals surface area contributed by atoms with Gasteiger partial charge in [0.15, 0.2) is 0 Å². The van der Waals surface area contributed by atoms with Crippen molar-refractivity contribution in [2.45, 2.75) is 45.2 Å². The predicted molar refractivity (Wildman–Crippen MR) is 85.2 cm³/mol. The lowest BCUT2D eigenvalue weighted by Crippen LogP contribution is -2.34. The Morgan fingerprint density at radius 1 is 1.29 bits per heavy atom. The first kappa shape index (κ1) is 16.0. The van der Waals surface area contributed by atoms with Gasteiger partial charge in [-0.1, -0.05) is 24.8 Å². The van der Waals surface area contributed by atoms with E-state index in [0.29, 0.717) is 11.6 Å². The van der Waals surface area contributed by atoms with Gasteiger partial charge in [-0.15, -0.1) is 0 Å². The van der Waals surface area contributed by atoms with Gasteiger partial charge in [0, 0.05) is 12.6 Å². The molecule has 1 aromatic rings. The third-order valence-electron chi connectivity index (χ3n) is 4.40. The average molecular weight is 288 g/mol. The number of halogens is 1. The number of hydrogen-bond donors (Lipinski definition) is 1. The van der Waals surface area contributed by atoms with E-state index >= 15 is 0 Å². The van der Waals surface area contributed by atoms with Gasteiger partial charge in [0.1, 0.15) is 5.82 Å². The summed E-state index contributed by atoms with van der Waals surface area (Å²) in [4.78, 5) is 2.39. The topological polar surface area (TPSA) is 29.3 Å². The highest BCUT2D eigenvalue weighted by atomic mass is 19.1. The summed E-state index contributed by atoms with van der Waals surface area (Å²) in [6, 6.07) is 5.85. The molecule has 0 saturated heterocycles. The highest BCUT2D eigenvalue weighted by Gasteiger charge is 2.21. The highest BCUT2D eigenvalue weighted by Crippen LogP contribution is 2.27. The second-order valence-corrected chi connectivity index (χ2v) is 6.15. The van der Waals surface area contributed by atoms with E-state index in [0.717, 1.165) is 18.0 Å². The van der Waals surface area contributed by atoms with Gasteiger partial charge in [-0.25, -0.2) is 4.39 Å². The van der Waals surface area contributed by atoms with Gasteiger partial charge in [0.05, 0.1) is 12.1 Å². The third-order valence-corrected chi connectivity index (χ3v) is 4.40. The molecule has 2 nitrogen and oxygen atoms in total. The maximum Gasteiger partial charge on any atom is 0.138 e. The molecule has 1 fully saturated rings. The van der Waals surface area contributed by atoms with E-state index in [9.17, 15) is 4.39 Å². The quantitative estimate of drug-likeness (QED) is 0.866. The Bertz CT molecular complexity index is 522. The molecule has 3 heteroatoms. The lowest BCUT2D eigenvalue weighted by molar-refractivity contribution is 0.164. The fourth-order valence-corrected chi connectivity index (χ4v) is 3.01. The van der Waals surface area contributed by atoms with Crippen LogP contribution in [0, 0.1) is 23.6 Å².